The van der Waals surface area contributed by atoms with Crippen LogP contribution in [0.2, 0.25) is 0 Å². The number of H-pyrrole nitrogens is 1. The van der Waals surface area contributed by atoms with Gasteiger partial charge in [-0.05, 0) is 50.5 Å². The van der Waals surface area contributed by atoms with Crippen molar-refractivity contribution in [3.8, 4) is 5.75 Å². The van der Waals surface area contributed by atoms with Gasteiger partial charge in [0.15, 0.2) is 5.16 Å². The minimum atomic E-state index is -0.146. The van der Waals surface area contributed by atoms with Crippen LogP contribution in [0.5, 0.6) is 5.75 Å². The average molecular weight is 345 g/mol. The van der Waals surface area contributed by atoms with Gasteiger partial charge in [-0.25, -0.2) is 4.98 Å². The highest BCUT2D eigenvalue weighted by molar-refractivity contribution is 7.99. The second kappa shape index (κ2) is 7.53. The number of hydrogen-bond acceptors (Lipinski definition) is 5. The monoisotopic (exact) mass is 345 g/mol. The standard InChI is InChI=1S/C17H19N3O3S/c1-2-23-12-8-6-11(7-9-12)18-15(21)10-24-17-19-14-5-3-4-13(14)16(22)20-17/h6-9H,2-5,10H2,1H3,(H,18,21)(H,19,20,22). The third-order valence-corrected chi connectivity index (χ3v) is 4.58. The van der Waals surface area contributed by atoms with E-state index < -0.39 is 0 Å². The number of carbonyl (C=O) groups is 1. The number of hydrogen-bond donors (Lipinski definition) is 2. The van der Waals surface area contributed by atoms with Crippen LogP contribution >= 0.6 is 11.8 Å². The zero-order chi connectivity index (χ0) is 16.9. The summed E-state index contributed by atoms with van der Waals surface area (Å²) < 4.78 is 5.36. The summed E-state index contributed by atoms with van der Waals surface area (Å²) in [4.78, 5) is 31.1. The highest BCUT2D eigenvalue weighted by Crippen LogP contribution is 2.20. The summed E-state index contributed by atoms with van der Waals surface area (Å²) in [7, 11) is 0. The molecule has 7 heteroatoms. The van der Waals surface area contributed by atoms with Gasteiger partial charge in [-0.15, -0.1) is 0 Å². The molecule has 1 aliphatic carbocycles. The highest BCUT2D eigenvalue weighted by atomic mass is 32.2. The molecule has 126 valence electrons. The van der Waals surface area contributed by atoms with Crippen LogP contribution in [0.4, 0.5) is 5.69 Å². The lowest BCUT2D eigenvalue weighted by atomic mass is 10.3. The van der Waals surface area contributed by atoms with Gasteiger partial charge in [0.2, 0.25) is 5.91 Å². The number of carbonyl (C=O) groups excluding carboxylic acids is 1. The summed E-state index contributed by atoms with van der Waals surface area (Å²) in [6, 6.07) is 7.21. The molecule has 0 saturated carbocycles. The van der Waals surface area contributed by atoms with Crippen LogP contribution in [0, 0.1) is 0 Å². The number of aromatic amines is 1. The normalized spacial score (nSPS) is 12.7. The zero-order valence-electron chi connectivity index (χ0n) is 13.4. The van der Waals surface area contributed by atoms with Crippen LogP contribution in [0.1, 0.15) is 24.6 Å². The van der Waals surface area contributed by atoms with Crippen molar-refractivity contribution in [1.82, 2.24) is 9.97 Å². The first-order chi connectivity index (χ1) is 11.7. The van der Waals surface area contributed by atoms with Gasteiger partial charge in [-0.1, -0.05) is 11.8 Å². The van der Waals surface area contributed by atoms with Crippen molar-refractivity contribution in [2.75, 3.05) is 17.7 Å². The highest BCUT2D eigenvalue weighted by Gasteiger charge is 2.17. The minimum Gasteiger partial charge on any atom is -0.494 e. The maximum atomic E-state index is 12.0. The molecule has 3 rings (SSSR count). The van der Waals surface area contributed by atoms with Gasteiger partial charge in [0, 0.05) is 11.3 Å². The molecule has 0 radical (unpaired) electrons. The molecule has 0 atom stereocenters. The SMILES string of the molecule is CCOc1ccc(NC(=O)CSc2nc3c(c(=O)[nH]2)CCC3)cc1. The molecule has 0 saturated heterocycles. The Hall–Kier alpha value is -2.28. The quantitative estimate of drug-likeness (QED) is 0.620. The molecule has 2 N–H and O–H groups in total. The molecule has 6 nitrogen and oxygen atoms in total. The van der Waals surface area contributed by atoms with Gasteiger partial charge in [-0.2, -0.15) is 0 Å². The Balaban J connectivity index is 1.56. The van der Waals surface area contributed by atoms with Crippen LogP contribution < -0.4 is 15.6 Å². The number of anilines is 1. The Morgan fingerprint density at radius 2 is 2.12 bits per heavy atom. The fraction of sp³-hybridized carbons (Fsp3) is 0.353. The van der Waals surface area contributed by atoms with E-state index in [9.17, 15) is 9.59 Å². The molecule has 1 amide bonds. The molecule has 2 aromatic rings. The number of aryl methyl sites for hydroxylation is 1. The van der Waals surface area contributed by atoms with E-state index in [0.29, 0.717) is 17.5 Å². The second-order valence-corrected chi connectivity index (χ2v) is 6.41. The number of nitrogens with zero attached hydrogens (tertiary/aromatic N) is 1. The lowest BCUT2D eigenvalue weighted by molar-refractivity contribution is -0.113. The maximum absolute atomic E-state index is 12.0. The average Bonchev–Trinajstić information content (AvgIpc) is 3.04. The van der Waals surface area contributed by atoms with E-state index in [1.807, 2.05) is 19.1 Å². The van der Waals surface area contributed by atoms with Crippen LogP contribution in [0.25, 0.3) is 0 Å². The van der Waals surface area contributed by atoms with Crippen LogP contribution in [0.3, 0.4) is 0 Å². The van der Waals surface area contributed by atoms with Crippen LogP contribution in [-0.4, -0.2) is 28.2 Å². The topological polar surface area (TPSA) is 84.1 Å². The summed E-state index contributed by atoms with van der Waals surface area (Å²) in [5, 5.41) is 3.32. The predicted octanol–water partition coefficient (Wildman–Crippen LogP) is 2.39. The van der Waals surface area contributed by atoms with Gasteiger partial charge < -0.3 is 15.0 Å². The smallest absolute Gasteiger partial charge is 0.254 e. The van der Waals surface area contributed by atoms with Crippen LogP contribution in [0.15, 0.2) is 34.2 Å². The van der Waals surface area contributed by atoms with Crippen LogP contribution in [-0.2, 0) is 17.6 Å². The van der Waals surface area contributed by atoms with Crippen molar-refractivity contribution in [3.63, 3.8) is 0 Å². The van der Waals surface area contributed by atoms with E-state index in [1.54, 1.807) is 12.1 Å². The molecule has 0 fully saturated rings. The number of nitrogens with one attached hydrogen (secondary N) is 2. The van der Waals surface area contributed by atoms with Crippen molar-refractivity contribution in [2.45, 2.75) is 31.3 Å². The largest absolute Gasteiger partial charge is 0.494 e. The fourth-order valence-electron chi connectivity index (χ4n) is 2.62. The molecule has 0 spiro atoms. The van der Waals surface area contributed by atoms with Crippen molar-refractivity contribution in [2.24, 2.45) is 0 Å². The Kier molecular flexibility index (Phi) is 5.20. The molecule has 1 aromatic carbocycles. The first kappa shape index (κ1) is 16.6. The summed E-state index contributed by atoms with van der Waals surface area (Å²) in [5.74, 6) is 0.812. The van der Waals surface area contributed by atoms with Gasteiger partial charge in [0.25, 0.3) is 5.56 Å². The van der Waals surface area contributed by atoms with Crippen molar-refractivity contribution in [1.29, 1.82) is 0 Å². The van der Waals surface area contributed by atoms with E-state index >= 15 is 0 Å². The number of aromatic nitrogens is 2. The molecule has 24 heavy (non-hydrogen) atoms. The summed E-state index contributed by atoms with van der Waals surface area (Å²) >= 11 is 1.24. The maximum Gasteiger partial charge on any atom is 0.254 e. The Bertz CT molecular complexity index is 787. The second-order valence-electron chi connectivity index (χ2n) is 5.44. The predicted molar refractivity (Wildman–Crippen MR) is 93.8 cm³/mol. The molecule has 0 bridgehead atoms. The first-order valence-electron chi connectivity index (χ1n) is 7.93. The molecule has 0 aliphatic heterocycles. The Morgan fingerprint density at radius 3 is 2.88 bits per heavy atom. The number of ether oxygens (including phenoxy) is 1. The molecular weight excluding hydrogens is 326 g/mol. The number of rotatable bonds is 6. The minimum absolute atomic E-state index is 0.0769. The van der Waals surface area contributed by atoms with E-state index in [4.69, 9.17) is 4.74 Å². The fourth-order valence-corrected chi connectivity index (χ4v) is 3.30. The zero-order valence-corrected chi connectivity index (χ0v) is 14.2. The third kappa shape index (κ3) is 3.97. The number of benzene rings is 1. The van der Waals surface area contributed by atoms with Crippen molar-refractivity contribution < 1.29 is 9.53 Å². The molecule has 1 aliphatic rings. The van der Waals surface area contributed by atoms with Crippen molar-refractivity contribution in [3.05, 3.63) is 45.9 Å². The number of amides is 1. The summed E-state index contributed by atoms with van der Waals surface area (Å²) in [5.41, 5.74) is 2.29. The number of thioether (sulfide) groups is 1. The lowest BCUT2D eigenvalue weighted by Crippen LogP contribution is -2.17. The van der Waals surface area contributed by atoms with E-state index in [1.165, 1.54) is 11.8 Å². The first-order valence-corrected chi connectivity index (χ1v) is 8.92. The van der Waals surface area contributed by atoms with E-state index in [0.717, 1.165) is 36.3 Å². The van der Waals surface area contributed by atoms with Gasteiger partial charge >= 0.3 is 0 Å². The van der Waals surface area contributed by atoms with Crippen molar-refractivity contribution >= 4 is 23.4 Å². The number of fused-ring (bicyclic) bond motifs is 1. The van der Waals surface area contributed by atoms with Gasteiger partial charge in [0.05, 0.1) is 18.1 Å². The van der Waals surface area contributed by atoms with Gasteiger partial charge in [0.1, 0.15) is 5.75 Å². The third-order valence-electron chi connectivity index (χ3n) is 3.71. The molecule has 1 heterocycles. The molecular formula is C17H19N3O3S. The van der Waals surface area contributed by atoms with E-state index in [-0.39, 0.29) is 17.2 Å². The molecule has 0 unspecified atom stereocenters. The lowest BCUT2D eigenvalue weighted by Gasteiger charge is -2.07. The summed E-state index contributed by atoms with van der Waals surface area (Å²) in [6.45, 7) is 2.53. The van der Waals surface area contributed by atoms with Gasteiger partial charge in [-0.3, -0.25) is 9.59 Å². The molecule has 1 aromatic heterocycles. The Morgan fingerprint density at radius 1 is 1.33 bits per heavy atom. The summed E-state index contributed by atoms with van der Waals surface area (Å²) in [6.07, 6.45) is 2.60. The Labute approximate surface area is 144 Å². The van der Waals surface area contributed by atoms with E-state index in [2.05, 4.69) is 15.3 Å².